The van der Waals surface area contributed by atoms with Crippen LogP contribution in [0.4, 0.5) is 0 Å². The number of ether oxygens (including phenoxy) is 1. The third kappa shape index (κ3) is 5.34. The molecule has 0 radical (unpaired) electrons. The van der Waals surface area contributed by atoms with Crippen LogP contribution < -0.4 is 0 Å². The normalized spacial score (nSPS) is 11.2. The average Bonchev–Trinajstić information content (AvgIpc) is 2.25. The number of thioether (sulfide) groups is 1. The quantitative estimate of drug-likeness (QED) is 0.679. The minimum atomic E-state index is -0.961. The van der Waals surface area contributed by atoms with Crippen molar-refractivity contribution in [2.75, 3.05) is 5.75 Å². The van der Waals surface area contributed by atoms with E-state index in [1.165, 1.54) is 11.8 Å². The molecule has 104 valence electrons. The average molecular weight is 282 g/mol. The highest BCUT2D eigenvalue weighted by atomic mass is 32.2. The topological polar surface area (TPSA) is 63.6 Å². The van der Waals surface area contributed by atoms with Crippen LogP contribution in [0.5, 0.6) is 0 Å². The molecule has 0 saturated carbocycles. The highest BCUT2D eigenvalue weighted by Crippen LogP contribution is 2.22. The van der Waals surface area contributed by atoms with Crippen molar-refractivity contribution in [1.29, 1.82) is 0 Å². The summed E-state index contributed by atoms with van der Waals surface area (Å²) in [6.45, 7) is 7.17. The van der Waals surface area contributed by atoms with E-state index in [-0.39, 0.29) is 17.3 Å². The fourth-order valence-electron chi connectivity index (χ4n) is 1.43. The van der Waals surface area contributed by atoms with E-state index in [0.29, 0.717) is 5.56 Å². The molecule has 0 aliphatic rings. The fraction of sp³-hybridized carbons (Fsp3) is 0.429. The molecule has 19 heavy (non-hydrogen) atoms. The molecule has 4 nitrogen and oxygen atoms in total. The van der Waals surface area contributed by atoms with Gasteiger partial charge in [0.2, 0.25) is 0 Å². The number of esters is 1. The number of aromatic carboxylic acids is 1. The molecular weight excluding hydrogens is 264 g/mol. The van der Waals surface area contributed by atoms with Crippen LogP contribution in [0.3, 0.4) is 0 Å². The molecule has 0 spiro atoms. The molecule has 0 unspecified atom stereocenters. The van der Waals surface area contributed by atoms with Crippen LogP contribution in [0, 0.1) is 6.92 Å². The van der Waals surface area contributed by atoms with E-state index in [0.717, 1.165) is 4.90 Å². The summed E-state index contributed by atoms with van der Waals surface area (Å²) < 4.78 is 5.18. The monoisotopic (exact) mass is 282 g/mol. The molecule has 0 heterocycles. The van der Waals surface area contributed by atoms with Gasteiger partial charge in [-0.05, 0) is 45.4 Å². The zero-order valence-corrected chi connectivity index (χ0v) is 12.3. The first-order chi connectivity index (χ1) is 8.69. The highest BCUT2D eigenvalue weighted by molar-refractivity contribution is 8.00. The van der Waals surface area contributed by atoms with Gasteiger partial charge < -0.3 is 9.84 Å². The van der Waals surface area contributed by atoms with Gasteiger partial charge in [0.1, 0.15) is 5.60 Å². The maximum Gasteiger partial charge on any atom is 0.335 e. The largest absolute Gasteiger partial charge is 0.478 e. The second kappa shape index (κ2) is 6.10. The summed E-state index contributed by atoms with van der Waals surface area (Å²) in [6, 6.07) is 5.12. The molecule has 1 N–H and O–H groups in total. The Bertz CT molecular complexity index is 489. The van der Waals surface area contributed by atoms with Crippen LogP contribution in [0.15, 0.2) is 23.1 Å². The van der Waals surface area contributed by atoms with E-state index in [1.807, 2.05) is 20.8 Å². The number of rotatable bonds is 4. The second-order valence-corrected chi connectivity index (χ2v) is 6.21. The van der Waals surface area contributed by atoms with Gasteiger partial charge >= 0.3 is 11.9 Å². The van der Waals surface area contributed by atoms with Crippen molar-refractivity contribution in [2.24, 2.45) is 0 Å². The number of carboxylic acids is 1. The van der Waals surface area contributed by atoms with Crippen LogP contribution in [0.2, 0.25) is 0 Å². The van der Waals surface area contributed by atoms with E-state index < -0.39 is 11.6 Å². The minimum absolute atomic E-state index is 0.166. The van der Waals surface area contributed by atoms with Gasteiger partial charge in [0.25, 0.3) is 0 Å². The van der Waals surface area contributed by atoms with Crippen LogP contribution in [0.25, 0.3) is 0 Å². The Morgan fingerprint density at radius 2 is 1.95 bits per heavy atom. The summed E-state index contributed by atoms with van der Waals surface area (Å²) in [7, 11) is 0. The van der Waals surface area contributed by atoms with E-state index in [1.54, 1.807) is 25.1 Å². The number of hydrogen-bond acceptors (Lipinski definition) is 4. The molecule has 0 aliphatic carbocycles. The molecule has 0 fully saturated rings. The molecule has 0 aromatic heterocycles. The molecule has 5 heteroatoms. The van der Waals surface area contributed by atoms with Crippen LogP contribution >= 0.6 is 11.8 Å². The van der Waals surface area contributed by atoms with Crippen molar-refractivity contribution < 1.29 is 19.4 Å². The standard InChI is InChI=1S/C14H18O4S/c1-9-5-6-10(7-11(9)13(16)17)19-8-12(15)18-14(2,3)4/h5-7H,8H2,1-4H3,(H,16,17). The van der Waals surface area contributed by atoms with Crippen molar-refractivity contribution in [2.45, 2.75) is 38.2 Å². The predicted octanol–water partition coefficient (Wildman–Crippen LogP) is 3.13. The Morgan fingerprint density at radius 1 is 1.32 bits per heavy atom. The molecule has 0 saturated heterocycles. The van der Waals surface area contributed by atoms with Crippen molar-refractivity contribution in [3.8, 4) is 0 Å². The highest BCUT2D eigenvalue weighted by Gasteiger charge is 2.16. The van der Waals surface area contributed by atoms with Crippen molar-refractivity contribution >= 4 is 23.7 Å². The maximum atomic E-state index is 11.6. The van der Waals surface area contributed by atoms with E-state index in [9.17, 15) is 9.59 Å². The Kier molecular flexibility index (Phi) is 5.00. The number of benzene rings is 1. The van der Waals surface area contributed by atoms with Gasteiger partial charge in [-0.15, -0.1) is 11.8 Å². The SMILES string of the molecule is Cc1ccc(SCC(=O)OC(C)(C)C)cc1C(=O)O. The number of hydrogen-bond donors (Lipinski definition) is 1. The van der Waals surface area contributed by atoms with Gasteiger partial charge in [-0.2, -0.15) is 0 Å². The molecule has 1 aromatic carbocycles. The van der Waals surface area contributed by atoms with E-state index in [4.69, 9.17) is 9.84 Å². The first-order valence-corrected chi connectivity index (χ1v) is 6.86. The van der Waals surface area contributed by atoms with Crippen LogP contribution in [-0.4, -0.2) is 28.4 Å². The zero-order valence-electron chi connectivity index (χ0n) is 11.5. The molecule has 0 atom stereocenters. The van der Waals surface area contributed by atoms with E-state index >= 15 is 0 Å². The predicted molar refractivity (Wildman–Crippen MR) is 74.7 cm³/mol. The smallest absolute Gasteiger partial charge is 0.335 e. The second-order valence-electron chi connectivity index (χ2n) is 5.16. The lowest BCUT2D eigenvalue weighted by molar-refractivity contribution is -0.151. The lowest BCUT2D eigenvalue weighted by Crippen LogP contribution is -2.24. The van der Waals surface area contributed by atoms with Gasteiger partial charge in [-0.1, -0.05) is 6.07 Å². The minimum Gasteiger partial charge on any atom is -0.478 e. The summed E-state index contributed by atoms with van der Waals surface area (Å²) in [5.74, 6) is -1.11. The van der Waals surface area contributed by atoms with Gasteiger partial charge in [0, 0.05) is 4.90 Å². The third-order valence-electron chi connectivity index (χ3n) is 2.22. The van der Waals surface area contributed by atoms with Crippen molar-refractivity contribution in [3.63, 3.8) is 0 Å². The Labute approximate surface area is 117 Å². The summed E-state index contributed by atoms with van der Waals surface area (Å²) in [5.41, 5.74) is 0.459. The number of carboxylic acid groups (broad SMARTS) is 1. The molecule has 0 bridgehead atoms. The summed E-state index contributed by atoms with van der Waals surface area (Å²) in [6.07, 6.45) is 0. The molecule has 0 amide bonds. The Morgan fingerprint density at radius 3 is 2.47 bits per heavy atom. The fourth-order valence-corrected chi connectivity index (χ4v) is 2.14. The van der Waals surface area contributed by atoms with Crippen LogP contribution in [0.1, 0.15) is 36.7 Å². The first-order valence-electron chi connectivity index (χ1n) is 5.87. The Hall–Kier alpha value is -1.49. The third-order valence-corrected chi connectivity index (χ3v) is 3.18. The molecule has 1 rings (SSSR count). The maximum absolute atomic E-state index is 11.6. The van der Waals surface area contributed by atoms with Gasteiger partial charge in [0.05, 0.1) is 11.3 Å². The van der Waals surface area contributed by atoms with E-state index in [2.05, 4.69) is 0 Å². The number of carbonyl (C=O) groups excluding carboxylic acids is 1. The van der Waals surface area contributed by atoms with Gasteiger partial charge in [-0.3, -0.25) is 4.79 Å². The Balaban J connectivity index is 2.66. The lowest BCUT2D eigenvalue weighted by Gasteiger charge is -2.19. The first kappa shape index (κ1) is 15.6. The molecule has 0 aliphatic heterocycles. The summed E-state index contributed by atoms with van der Waals surface area (Å²) in [4.78, 5) is 23.3. The van der Waals surface area contributed by atoms with Gasteiger partial charge in [0.15, 0.2) is 0 Å². The number of carbonyl (C=O) groups is 2. The lowest BCUT2D eigenvalue weighted by atomic mass is 10.1. The van der Waals surface area contributed by atoms with Gasteiger partial charge in [-0.25, -0.2) is 4.79 Å². The molecular formula is C14H18O4S. The van der Waals surface area contributed by atoms with Crippen molar-refractivity contribution in [3.05, 3.63) is 29.3 Å². The molecule has 1 aromatic rings. The van der Waals surface area contributed by atoms with Crippen molar-refractivity contribution in [1.82, 2.24) is 0 Å². The van der Waals surface area contributed by atoms with Crippen LogP contribution in [-0.2, 0) is 9.53 Å². The summed E-state index contributed by atoms with van der Waals surface area (Å²) in [5, 5.41) is 9.02. The summed E-state index contributed by atoms with van der Waals surface area (Å²) >= 11 is 1.27. The number of aryl methyl sites for hydroxylation is 1. The zero-order chi connectivity index (χ0) is 14.6.